The van der Waals surface area contributed by atoms with Crippen LogP contribution in [0.5, 0.6) is 0 Å². The van der Waals surface area contributed by atoms with E-state index < -0.39 is 0 Å². The van der Waals surface area contributed by atoms with Crippen LogP contribution >= 0.6 is 0 Å². The van der Waals surface area contributed by atoms with E-state index in [-0.39, 0.29) is 5.97 Å². The fourth-order valence-corrected chi connectivity index (χ4v) is 3.78. The SMILES string of the molecule is CC.CCOC(=O)Cc1cn(Cc2ccc(N(C)c3ccccc3)cc2)c2ccccc12. The first kappa shape index (κ1) is 23.1. The van der Waals surface area contributed by atoms with Gasteiger partial charge in [0, 0.05) is 42.1 Å². The number of ether oxygens (including phenoxy) is 1. The lowest BCUT2D eigenvalue weighted by Crippen LogP contribution is -2.09. The van der Waals surface area contributed by atoms with Crippen molar-refractivity contribution in [1.82, 2.24) is 4.57 Å². The number of benzene rings is 3. The van der Waals surface area contributed by atoms with E-state index in [0.29, 0.717) is 13.0 Å². The monoisotopic (exact) mass is 428 g/mol. The number of carbonyl (C=O) groups excluding carboxylic acids is 1. The first-order valence-electron chi connectivity index (χ1n) is 11.3. The zero-order valence-electron chi connectivity index (χ0n) is 19.4. The molecule has 0 radical (unpaired) electrons. The molecule has 0 N–H and O–H groups in total. The van der Waals surface area contributed by atoms with Gasteiger partial charge in [0.15, 0.2) is 0 Å². The molecule has 3 aromatic carbocycles. The number of rotatable bonds is 7. The minimum Gasteiger partial charge on any atom is -0.466 e. The number of esters is 1. The maximum Gasteiger partial charge on any atom is 0.310 e. The van der Waals surface area contributed by atoms with Gasteiger partial charge in [-0.25, -0.2) is 0 Å². The smallest absolute Gasteiger partial charge is 0.310 e. The van der Waals surface area contributed by atoms with Crippen LogP contribution in [0, 0.1) is 0 Å². The molecule has 1 aromatic heterocycles. The summed E-state index contributed by atoms with van der Waals surface area (Å²) in [5, 5.41) is 1.10. The molecule has 4 heteroatoms. The van der Waals surface area contributed by atoms with Crippen LogP contribution in [-0.2, 0) is 22.5 Å². The van der Waals surface area contributed by atoms with E-state index in [9.17, 15) is 4.79 Å². The average molecular weight is 429 g/mol. The lowest BCUT2D eigenvalue weighted by molar-refractivity contribution is -0.142. The van der Waals surface area contributed by atoms with Crippen LogP contribution in [-0.4, -0.2) is 24.2 Å². The topological polar surface area (TPSA) is 34.5 Å². The molecule has 0 aliphatic carbocycles. The normalized spacial score (nSPS) is 10.4. The molecule has 0 bridgehead atoms. The van der Waals surface area contributed by atoms with Crippen LogP contribution in [0.3, 0.4) is 0 Å². The highest BCUT2D eigenvalue weighted by Gasteiger charge is 2.13. The number of para-hydroxylation sites is 2. The molecular formula is C28H32N2O2. The van der Waals surface area contributed by atoms with Gasteiger partial charge in [0.05, 0.1) is 13.0 Å². The van der Waals surface area contributed by atoms with Crippen LogP contribution in [0.1, 0.15) is 31.9 Å². The average Bonchev–Trinajstić information content (AvgIpc) is 3.18. The zero-order chi connectivity index (χ0) is 22.9. The van der Waals surface area contributed by atoms with Gasteiger partial charge in [-0.2, -0.15) is 0 Å². The molecule has 0 aliphatic rings. The third kappa shape index (κ3) is 5.38. The molecule has 4 nitrogen and oxygen atoms in total. The summed E-state index contributed by atoms with van der Waals surface area (Å²) in [6.45, 7) is 6.99. The third-order valence-corrected chi connectivity index (χ3v) is 5.33. The number of hydrogen-bond acceptors (Lipinski definition) is 3. The molecule has 166 valence electrons. The lowest BCUT2D eigenvalue weighted by atomic mass is 10.1. The van der Waals surface area contributed by atoms with Crippen LogP contribution < -0.4 is 4.90 Å². The highest BCUT2D eigenvalue weighted by Crippen LogP contribution is 2.26. The number of nitrogens with zero attached hydrogens (tertiary/aromatic N) is 2. The van der Waals surface area contributed by atoms with Gasteiger partial charge < -0.3 is 14.2 Å². The Morgan fingerprint density at radius 3 is 2.19 bits per heavy atom. The molecule has 32 heavy (non-hydrogen) atoms. The Bertz CT molecular complexity index is 1130. The molecule has 4 rings (SSSR count). The Kier molecular flexibility index (Phi) is 8.09. The molecule has 0 saturated carbocycles. The van der Waals surface area contributed by atoms with E-state index >= 15 is 0 Å². The second kappa shape index (κ2) is 11.2. The molecule has 0 atom stereocenters. The van der Waals surface area contributed by atoms with E-state index in [1.165, 1.54) is 5.56 Å². The van der Waals surface area contributed by atoms with Gasteiger partial charge in [0.25, 0.3) is 0 Å². The Morgan fingerprint density at radius 1 is 0.875 bits per heavy atom. The Balaban J connectivity index is 0.00000141. The number of carbonyl (C=O) groups is 1. The zero-order valence-corrected chi connectivity index (χ0v) is 19.4. The Morgan fingerprint density at radius 2 is 1.50 bits per heavy atom. The number of anilines is 2. The molecule has 0 fully saturated rings. The predicted octanol–water partition coefficient (Wildman–Crippen LogP) is 6.59. The summed E-state index contributed by atoms with van der Waals surface area (Å²) < 4.78 is 7.35. The molecule has 0 spiro atoms. The summed E-state index contributed by atoms with van der Waals surface area (Å²) in [4.78, 5) is 14.2. The molecular weight excluding hydrogens is 396 g/mol. The standard InChI is InChI=1S/C26H26N2O2.C2H6/c1-3-30-26(29)17-21-19-28(25-12-8-7-11-24(21)25)18-20-13-15-23(16-14-20)27(2)22-9-5-4-6-10-22;1-2/h4-16,19H,3,17-18H2,1-2H3;1-2H3. The van der Waals surface area contributed by atoms with Crippen molar-refractivity contribution < 1.29 is 9.53 Å². The van der Waals surface area contributed by atoms with E-state index in [1.54, 1.807) is 0 Å². The van der Waals surface area contributed by atoms with E-state index in [4.69, 9.17) is 4.74 Å². The van der Waals surface area contributed by atoms with Gasteiger partial charge in [-0.3, -0.25) is 4.79 Å². The summed E-state index contributed by atoms with van der Waals surface area (Å²) in [6.07, 6.45) is 2.37. The molecule has 0 aliphatic heterocycles. The van der Waals surface area contributed by atoms with Gasteiger partial charge in [-0.1, -0.05) is 62.4 Å². The minimum atomic E-state index is -0.186. The summed E-state index contributed by atoms with van der Waals surface area (Å²) >= 11 is 0. The van der Waals surface area contributed by atoms with Crippen molar-refractivity contribution >= 4 is 28.2 Å². The summed E-state index contributed by atoms with van der Waals surface area (Å²) in [6, 6.07) is 27.1. The van der Waals surface area contributed by atoms with Crippen molar-refractivity contribution in [3.8, 4) is 0 Å². The largest absolute Gasteiger partial charge is 0.466 e. The van der Waals surface area contributed by atoms with Gasteiger partial charge in [-0.05, 0) is 48.4 Å². The summed E-state index contributed by atoms with van der Waals surface area (Å²) in [7, 11) is 2.07. The molecule has 0 unspecified atom stereocenters. The highest BCUT2D eigenvalue weighted by atomic mass is 16.5. The van der Waals surface area contributed by atoms with Crippen molar-refractivity contribution in [3.05, 3.63) is 96.2 Å². The van der Waals surface area contributed by atoms with Crippen LogP contribution in [0.2, 0.25) is 0 Å². The van der Waals surface area contributed by atoms with E-state index in [0.717, 1.165) is 34.4 Å². The molecule has 1 heterocycles. The molecule has 0 amide bonds. The van der Waals surface area contributed by atoms with Crippen molar-refractivity contribution in [2.75, 3.05) is 18.6 Å². The van der Waals surface area contributed by atoms with Gasteiger partial charge in [0.1, 0.15) is 0 Å². The quantitative estimate of drug-likeness (QED) is 0.311. The van der Waals surface area contributed by atoms with Crippen molar-refractivity contribution in [2.24, 2.45) is 0 Å². The second-order valence-electron chi connectivity index (χ2n) is 7.34. The van der Waals surface area contributed by atoms with Crippen LogP contribution in [0.25, 0.3) is 10.9 Å². The fraction of sp³-hybridized carbons (Fsp3) is 0.250. The lowest BCUT2D eigenvalue weighted by Gasteiger charge is -2.19. The maximum absolute atomic E-state index is 12.0. The highest BCUT2D eigenvalue weighted by molar-refractivity contribution is 5.88. The maximum atomic E-state index is 12.0. The van der Waals surface area contributed by atoms with Crippen LogP contribution in [0.15, 0.2) is 85.1 Å². The molecule has 0 saturated heterocycles. The number of fused-ring (bicyclic) bond motifs is 1. The summed E-state index contributed by atoms with van der Waals surface area (Å²) in [5.41, 5.74) is 5.64. The van der Waals surface area contributed by atoms with Crippen molar-refractivity contribution in [2.45, 2.75) is 33.7 Å². The number of hydrogen-bond donors (Lipinski definition) is 0. The van der Waals surface area contributed by atoms with Gasteiger partial charge in [-0.15, -0.1) is 0 Å². The molecule has 4 aromatic rings. The van der Waals surface area contributed by atoms with Crippen LogP contribution in [0.4, 0.5) is 11.4 Å². The van der Waals surface area contributed by atoms with E-state index in [1.807, 2.05) is 51.1 Å². The predicted molar refractivity (Wildman–Crippen MR) is 134 cm³/mol. The summed E-state index contributed by atoms with van der Waals surface area (Å²) in [5.74, 6) is -0.186. The second-order valence-corrected chi connectivity index (χ2v) is 7.34. The first-order valence-corrected chi connectivity index (χ1v) is 11.3. The first-order chi connectivity index (χ1) is 15.7. The van der Waals surface area contributed by atoms with E-state index in [2.05, 4.69) is 71.2 Å². The third-order valence-electron chi connectivity index (χ3n) is 5.33. The fourth-order valence-electron chi connectivity index (χ4n) is 3.78. The Hall–Kier alpha value is -3.53. The minimum absolute atomic E-state index is 0.186. The van der Waals surface area contributed by atoms with Gasteiger partial charge in [0.2, 0.25) is 0 Å². The van der Waals surface area contributed by atoms with Crippen molar-refractivity contribution in [3.63, 3.8) is 0 Å². The number of aromatic nitrogens is 1. The van der Waals surface area contributed by atoms with Crippen molar-refractivity contribution in [1.29, 1.82) is 0 Å². The Labute approximate surface area is 191 Å². The van der Waals surface area contributed by atoms with Gasteiger partial charge >= 0.3 is 5.97 Å².